The van der Waals surface area contributed by atoms with Crippen molar-refractivity contribution >= 4 is 11.3 Å². The fourth-order valence-corrected chi connectivity index (χ4v) is 3.67. The number of aromatic nitrogens is 1. The minimum Gasteiger partial charge on any atom is -0.304 e. The van der Waals surface area contributed by atoms with E-state index in [1.807, 2.05) is 17.5 Å². The monoisotopic (exact) mass is 265 g/mol. The van der Waals surface area contributed by atoms with Crippen molar-refractivity contribution in [3.63, 3.8) is 0 Å². The molecule has 1 aromatic heterocycles. The second-order valence-electron chi connectivity index (χ2n) is 5.62. The molecule has 100 valence electrons. The molecule has 0 aromatic carbocycles. The number of rotatable bonds is 5. The quantitative estimate of drug-likeness (QED) is 0.887. The molecule has 4 heteroatoms. The van der Waals surface area contributed by atoms with Gasteiger partial charge in [0.1, 0.15) is 5.01 Å². The number of hydrogen-bond acceptors (Lipinski definition) is 4. The molecule has 1 aromatic rings. The first-order valence-electron chi connectivity index (χ1n) is 7.21. The predicted octanol–water partition coefficient (Wildman–Crippen LogP) is 2.59. The zero-order valence-electron chi connectivity index (χ0n) is 11.4. The van der Waals surface area contributed by atoms with Gasteiger partial charge in [0, 0.05) is 36.2 Å². The van der Waals surface area contributed by atoms with Crippen LogP contribution in [0.4, 0.5) is 0 Å². The molecule has 3 rings (SSSR count). The van der Waals surface area contributed by atoms with Gasteiger partial charge in [0.05, 0.1) is 6.04 Å². The lowest BCUT2D eigenvalue weighted by Gasteiger charge is -2.19. The Morgan fingerprint density at radius 3 is 3.00 bits per heavy atom. The molecule has 0 radical (unpaired) electrons. The van der Waals surface area contributed by atoms with Gasteiger partial charge in [-0.05, 0) is 32.6 Å². The SMILES string of the molecule is CCc1cnc(C(C)NC2CCN(C3CC3)C2)s1. The summed E-state index contributed by atoms with van der Waals surface area (Å²) in [7, 11) is 0. The van der Waals surface area contributed by atoms with Gasteiger partial charge in [-0.15, -0.1) is 11.3 Å². The predicted molar refractivity (Wildman–Crippen MR) is 76.0 cm³/mol. The molecule has 1 aliphatic carbocycles. The third-order valence-corrected chi connectivity index (χ3v) is 5.38. The van der Waals surface area contributed by atoms with Crippen LogP contribution >= 0.6 is 11.3 Å². The number of likely N-dealkylation sites (tertiary alicyclic amines) is 1. The van der Waals surface area contributed by atoms with E-state index in [1.54, 1.807) is 0 Å². The molecule has 1 N–H and O–H groups in total. The Morgan fingerprint density at radius 2 is 2.33 bits per heavy atom. The zero-order valence-corrected chi connectivity index (χ0v) is 12.2. The topological polar surface area (TPSA) is 28.2 Å². The van der Waals surface area contributed by atoms with Crippen LogP contribution in [0.1, 0.15) is 49.0 Å². The van der Waals surface area contributed by atoms with Crippen molar-refractivity contribution in [1.82, 2.24) is 15.2 Å². The highest BCUT2D eigenvalue weighted by Gasteiger charge is 2.34. The Bertz CT molecular complexity index is 399. The van der Waals surface area contributed by atoms with Gasteiger partial charge < -0.3 is 5.32 Å². The maximum Gasteiger partial charge on any atom is 0.109 e. The second kappa shape index (κ2) is 5.27. The molecule has 0 spiro atoms. The smallest absolute Gasteiger partial charge is 0.109 e. The highest BCUT2D eigenvalue weighted by molar-refractivity contribution is 7.11. The average Bonchev–Trinajstić information content (AvgIpc) is 2.93. The van der Waals surface area contributed by atoms with Crippen LogP contribution in [0.5, 0.6) is 0 Å². The highest BCUT2D eigenvalue weighted by atomic mass is 32.1. The number of thiazole rings is 1. The van der Waals surface area contributed by atoms with Crippen LogP contribution in [0.2, 0.25) is 0 Å². The van der Waals surface area contributed by atoms with Gasteiger partial charge in [0.25, 0.3) is 0 Å². The fraction of sp³-hybridized carbons (Fsp3) is 0.786. The molecule has 18 heavy (non-hydrogen) atoms. The lowest BCUT2D eigenvalue weighted by molar-refractivity contribution is 0.313. The average molecular weight is 265 g/mol. The maximum atomic E-state index is 4.54. The molecular weight excluding hydrogens is 242 g/mol. The molecule has 1 aliphatic heterocycles. The van der Waals surface area contributed by atoms with Gasteiger partial charge in [0.15, 0.2) is 0 Å². The highest BCUT2D eigenvalue weighted by Crippen LogP contribution is 2.30. The summed E-state index contributed by atoms with van der Waals surface area (Å²) < 4.78 is 0. The third kappa shape index (κ3) is 2.76. The van der Waals surface area contributed by atoms with Crippen LogP contribution in [-0.4, -0.2) is 35.1 Å². The lowest BCUT2D eigenvalue weighted by atomic mass is 10.2. The van der Waals surface area contributed by atoms with E-state index in [9.17, 15) is 0 Å². The molecule has 3 nitrogen and oxygen atoms in total. The Labute approximate surface area is 114 Å². The number of nitrogens with one attached hydrogen (secondary N) is 1. The summed E-state index contributed by atoms with van der Waals surface area (Å²) in [5, 5.41) is 5.00. The Kier molecular flexibility index (Phi) is 3.68. The summed E-state index contributed by atoms with van der Waals surface area (Å²) in [6.07, 6.45) is 7.28. The molecule has 2 aliphatic rings. The van der Waals surface area contributed by atoms with Crippen molar-refractivity contribution in [1.29, 1.82) is 0 Å². The van der Waals surface area contributed by atoms with Crippen molar-refractivity contribution in [3.05, 3.63) is 16.1 Å². The summed E-state index contributed by atoms with van der Waals surface area (Å²) in [4.78, 5) is 8.59. The molecular formula is C14H23N3S. The molecule has 2 heterocycles. The lowest BCUT2D eigenvalue weighted by Crippen LogP contribution is -2.34. The van der Waals surface area contributed by atoms with Gasteiger partial charge in [-0.3, -0.25) is 4.90 Å². The minimum absolute atomic E-state index is 0.402. The Morgan fingerprint density at radius 1 is 1.50 bits per heavy atom. The molecule has 1 saturated heterocycles. The van der Waals surface area contributed by atoms with E-state index >= 15 is 0 Å². The summed E-state index contributed by atoms with van der Waals surface area (Å²) in [6, 6.07) is 1.98. The first-order chi connectivity index (χ1) is 8.76. The van der Waals surface area contributed by atoms with E-state index in [4.69, 9.17) is 0 Å². The van der Waals surface area contributed by atoms with Gasteiger partial charge >= 0.3 is 0 Å². The van der Waals surface area contributed by atoms with Crippen molar-refractivity contribution in [2.24, 2.45) is 0 Å². The van der Waals surface area contributed by atoms with Crippen LogP contribution in [0.3, 0.4) is 0 Å². The van der Waals surface area contributed by atoms with Crippen molar-refractivity contribution in [2.75, 3.05) is 13.1 Å². The molecule has 0 amide bonds. The van der Waals surface area contributed by atoms with Crippen LogP contribution in [-0.2, 0) is 6.42 Å². The van der Waals surface area contributed by atoms with E-state index in [0.29, 0.717) is 12.1 Å². The molecule has 0 bridgehead atoms. The molecule has 1 saturated carbocycles. The van der Waals surface area contributed by atoms with Gasteiger partial charge in [-0.1, -0.05) is 6.92 Å². The maximum absolute atomic E-state index is 4.54. The largest absolute Gasteiger partial charge is 0.304 e. The first kappa shape index (κ1) is 12.6. The van der Waals surface area contributed by atoms with Crippen molar-refractivity contribution in [3.8, 4) is 0 Å². The van der Waals surface area contributed by atoms with Crippen LogP contribution < -0.4 is 5.32 Å². The zero-order chi connectivity index (χ0) is 12.5. The summed E-state index contributed by atoms with van der Waals surface area (Å²) in [6.45, 7) is 6.96. The second-order valence-corrected chi connectivity index (χ2v) is 6.77. The molecule has 2 fully saturated rings. The van der Waals surface area contributed by atoms with Crippen LogP contribution in [0.25, 0.3) is 0 Å². The van der Waals surface area contributed by atoms with Gasteiger partial charge in [-0.2, -0.15) is 0 Å². The minimum atomic E-state index is 0.402. The van der Waals surface area contributed by atoms with Crippen LogP contribution in [0, 0.1) is 0 Å². The summed E-state index contributed by atoms with van der Waals surface area (Å²) >= 11 is 1.86. The number of aryl methyl sites for hydroxylation is 1. The van der Waals surface area contributed by atoms with Crippen molar-refractivity contribution in [2.45, 2.75) is 57.7 Å². The van der Waals surface area contributed by atoms with Gasteiger partial charge in [0.2, 0.25) is 0 Å². The molecule has 2 unspecified atom stereocenters. The Balaban J connectivity index is 1.52. The third-order valence-electron chi connectivity index (χ3n) is 4.06. The van der Waals surface area contributed by atoms with E-state index in [1.165, 1.54) is 42.2 Å². The molecule has 2 atom stereocenters. The summed E-state index contributed by atoms with van der Waals surface area (Å²) in [5.74, 6) is 0. The normalized spacial score (nSPS) is 26.7. The van der Waals surface area contributed by atoms with Crippen LogP contribution in [0.15, 0.2) is 6.20 Å². The summed E-state index contributed by atoms with van der Waals surface area (Å²) in [5.41, 5.74) is 0. The van der Waals surface area contributed by atoms with E-state index in [-0.39, 0.29) is 0 Å². The number of hydrogen-bond donors (Lipinski definition) is 1. The Hall–Kier alpha value is -0.450. The van der Waals surface area contributed by atoms with Gasteiger partial charge in [-0.25, -0.2) is 4.98 Å². The first-order valence-corrected chi connectivity index (χ1v) is 8.02. The number of nitrogens with zero attached hydrogens (tertiary/aromatic N) is 2. The van der Waals surface area contributed by atoms with Crippen molar-refractivity contribution < 1.29 is 0 Å². The fourth-order valence-electron chi connectivity index (χ4n) is 2.81. The van der Waals surface area contributed by atoms with E-state index in [2.05, 4.69) is 29.0 Å². The van der Waals surface area contributed by atoms with E-state index in [0.717, 1.165) is 12.5 Å². The standard InChI is InChI=1S/C14H23N3S/c1-3-13-8-15-14(18-13)10(2)16-11-6-7-17(9-11)12-4-5-12/h8,10-12,16H,3-7,9H2,1-2H3. The van der Waals surface area contributed by atoms with E-state index < -0.39 is 0 Å².